The third kappa shape index (κ3) is 5.20. The lowest BCUT2D eigenvalue weighted by atomic mass is 9.97. The molecule has 4 N–H and O–H groups in total. The van der Waals surface area contributed by atoms with Gasteiger partial charge in [0.25, 0.3) is 5.91 Å². The van der Waals surface area contributed by atoms with Gasteiger partial charge in [0, 0.05) is 31.5 Å². The van der Waals surface area contributed by atoms with Gasteiger partial charge in [0.2, 0.25) is 5.91 Å². The molecule has 1 saturated heterocycles. The van der Waals surface area contributed by atoms with E-state index in [0.717, 1.165) is 11.6 Å². The van der Waals surface area contributed by atoms with E-state index in [1.54, 1.807) is 24.3 Å². The number of H-pyrrole nitrogens is 1. The third-order valence-electron chi connectivity index (χ3n) is 5.47. The Morgan fingerprint density at radius 3 is 2.50 bits per heavy atom. The number of anilines is 2. The molecule has 8 nitrogen and oxygen atoms in total. The Morgan fingerprint density at radius 1 is 1.09 bits per heavy atom. The maximum atomic E-state index is 13.2. The van der Waals surface area contributed by atoms with Crippen LogP contribution in [0, 0.1) is 0 Å². The average Bonchev–Trinajstić information content (AvgIpc) is 3.51. The summed E-state index contributed by atoms with van der Waals surface area (Å²) in [5.41, 5.74) is -0.573. The highest BCUT2D eigenvalue weighted by Gasteiger charge is 2.44. The number of carbonyl (C=O) groups excluding carboxylic acids is 2. The number of ether oxygens (including phenoxy) is 1. The molecule has 2 heterocycles. The number of nitrogens with zero attached hydrogens (tertiary/aromatic N) is 1. The molecule has 0 bridgehead atoms. The van der Waals surface area contributed by atoms with Gasteiger partial charge in [-0.2, -0.15) is 18.3 Å². The van der Waals surface area contributed by atoms with Crippen LogP contribution >= 0.6 is 0 Å². The van der Waals surface area contributed by atoms with Crippen LogP contribution in [0.4, 0.5) is 24.5 Å². The first-order chi connectivity index (χ1) is 16.3. The number of alkyl halides is 3. The maximum Gasteiger partial charge on any atom is 0.418 e. The minimum atomic E-state index is -4.47. The van der Waals surface area contributed by atoms with E-state index in [-0.39, 0.29) is 30.4 Å². The topological polar surface area (TPSA) is 108 Å². The predicted octanol–water partition coefficient (Wildman–Crippen LogP) is 3.38. The number of rotatable bonds is 7. The summed E-state index contributed by atoms with van der Waals surface area (Å²) in [6.07, 6.45) is -2.71. The van der Waals surface area contributed by atoms with Gasteiger partial charge in [0.1, 0.15) is 11.2 Å². The fourth-order valence-electron chi connectivity index (χ4n) is 3.62. The quantitative estimate of drug-likeness (QED) is 0.421. The number of hydrogen-bond acceptors (Lipinski definition) is 5. The molecule has 3 aromatic rings. The van der Waals surface area contributed by atoms with E-state index in [9.17, 15) is 22.8 Å². The molecule has 0 radical (unpaired) electrons. The van der Waals surface area contributed by atoms with E-state index >= 15 is 0 Å². The molecule has 1 unspecified atom stereocenters. The van der Waals surface area contributed by atoms with Crippen LogP contribution in [0.3, 0.4) is 0 Å². The lowest BCUT2D eigenvalue weighted by Gasteiger charge is -2.27. The highest BCUT2D eigenvalue weighted by molar-refractivity contribution is 5.98. The standard InChI is InChI=1S/C23H22F3N5O3/c24-23(25,26)17-3-1-2-4-18(17)29-16-7-5-15(6-8-16)13-27-21(33)22(10-12-34-14-22)30-20(32)19-9-11-28-31-19/h1-9,11,29H,10,12-14H2,(H,27,33)(H,28,31)(H,30,32). The van der Waals surface area contributed by atoms with E-state index in [0.29, 0.717) is 18.7 Å². The Hall–Kier alpha value is -3.86. The van der Waals surface area contributed by atoms with Crippen molar-refractivity contribution >= 4 is 23.2 Å². The second-order valence-corrected chi connectivity index (χ2v) is 7.86. The summed E-state index contributed by atoms with van der Waals surface area (Å²) >= 11 is 0. The molecule has 1 aromatic heterocycles. The van der Waals surface area contributed by atoms with Crippen LogP contribution < -0.4 is 16.0 Å². The summed E-state index contributed by atoms with van der Waals surface area (Å²) in [6.45, 7) is 0.538. The summed E-state index contributed by atoms with van der Waals surface area (Å²) in [7, 11) is 0. The van der Waals surface area contributed by atoms with Crippen molar-refractivity contribution in [3.05, 3.63) is 77.6 Å². The summed E-state index contributed by atoms with van der Waals surface area (Å²) in [5, 5.41) is 14.6. The van der Waals surface area contributed by atoms with Gasteiger partial charge < -0.3 is 20.7 Å². The van der Waals surface area contributed by atoms with E-state index in [2.05, 4.69) is 26.1 Å². The van der Waals surface area contributed by atoms with Crippen LogP contribution in [0.1, 0.15) is 28.0 Å². The van der Waals surface area contributed by atoms with Crippen LogP contribution in [0.5, 0.6) is 0 Å². The van der Waals surface area contributed by atoms with Gasteiger partial charge in [-0.1, -0.05) is 24.3 Å². The number of hydrogen-bond donors (Lipinski definition) is 4. The van der Waals surface area contributed by atoms with Crippen molar-refractivity contribution in [1.82, 2.24) is 20.8 Å². The second kappa shape index (κ2) is 9.56. The molecule has 1 fully saturated rings. The van der Waals surface area contributed by atoms with Crippen LogP contribution in [0.15, 0.2) is 60.8 Å². The first kappa shape index (κ1) is 23.3. The summed E-state index contributed by atoms with van der Waals surface area (Å²) in [6, 6.07) is 13.4. The lowest BCUT2D eigenvalue weighted by molar-refractivity contribution is -0.137. The number of nitrogens with one attached hydrogen (secondary N) is 4. The highest BCUT2D eigenvalue weighted by atomic mass is 19.4. The van der Waals surface area contributed by atoms with Crippen molar-refractivity contribution in [1.29, 1.82) is 0 Å². The normalized spacial score (nSPS) is 17.9. The zero-order valence-corrected chi connectivity index (χ0v) is 17.9. The Bertz CT molecular complexity index is 1140. The van der Waals surface area contributed by atoms with Gasteiger partial charge in [-0.3, -0.25) is 14.7 Å². The first-order valence-corrected chi connectivity index (χ1v) is 10.5. The Balaban J connectivity index is 1.38. The van der Waals surface area contributed by atoms with Crippen LogP contribution in [0.25, 0.3) is 0 Å². The number of aromatic nitrogens is 2. The summed E-state index contributed by atoms with van der Waals surface area (Å²) in [4.78, 5) is 25.4. The maximum absolute atomic E-state index is 13.2. The van der Waals surface area contributed by atoms with Gasteiger partial charge in [0.15, 0.2) is 0 Å². The van der Waals surface area contributed by atoms with E-state index in [4.69, 9.17) is 4.74 Å². The van der Waals surface area contributed by atoms with Gasteiger partial charge >= 0.3 is 6.18 Å². The fraction of sp³-hybridized carbons (Fsp3) is 0.261. The van der Waals surface area contributed by atoms with Crippen LogP contribution in [-0.4, -0.2) is 40.8 Å². The van der Waals surface area contributed by atoms with Gasteiger partial charge in [0.05, 0.1) is 17.9 Å². The van der Waals surface area contributed by atoms with Crippen molar-refractivity contribution in [2.75, 3.05) is 18.5 Å². The molecule has 0 spiro atoms. The van der Waals surface area contributed by atoms with Crippen LogP contribution in [0.2, 0.25) is 0 Å². The minimum Gasteiger partial charge on any atom is -0.378 e. The highest BCUT2D eigenvalue weighted by Crippen LogP contribution is 2.35. The molecule has 11 heteroatoms. The van der Waals surface area contributed by atoms with Crippen molar-refractivity contribution in [2.45, 2.75) is 24.7 Å². The van der Waals surface area contributed by atoms with Gasteiger partial charge in [-0.05, 0) is 35.9 Å². The van der Waals surface area contributed by atoms with Gasteiger partial charge in [-0.15, -0.1) is 0 Å². The first-order valence-electron chi connectivity index (χ1n) is 10.5. The number of para-hydroxylation sites is 1. The molecular formula is C23H22F3N5O3. The van der Waals surface area contributed by atoms with Crippen molar-refractivity contribution in [3.63, 3.8) is 0 Å². The molecule has 34 heavy (non-hydrogen) atoms. The Morgan fingerprint density at radius 2 is 1.85 bits per heavy atom. The number of amides is 2. The lowest BCUT2D eigenvalue weighted by Crippen LogP contribution is -2.59. The number of aromatic amines is 1. The summed E-state index contributed by atoms with van der Waals surface area (Å²) in [5.74, 6) is -0.855. The van der Waals surface area contributed by atoms with Crippen molar-refractivity contribution in [3.8, 4) is 0 Å². The number of benzene rings is 2. The zero-order chi connectivity index (χ0) is 24.2. The average molecular weight is 473 g/mol. The Kier molecular flexibility index (Phi) is 6.55. The van der Waals surface area contributed by atoms with E-state index in [1.807, 2.05) is 0 Å². The molecule has 0 saturated carbocycles. The second-order valence-electron chi connectivity index (χ2n) is 7.86. The van der Waals surface area contributed by atoms with Gasteiger partial charge in [-0.25, -0.2) is 0 Å². The largest absolute Gasteiger partial charge is 0.418 e. The third-order valence-corrected chi connectivity index (χ3v) is 5.47. The fourth-order valence-corrected chi connectivity index (χ4v) is 3.62. The number of carbonyl (C=O) groups is 2. The van der Waals surface area contributed by atoms with Crippen molar-refractivity contribution < 1.29 is 27.5 Å². The van der Waals surface area contributed by atoms with Crippen molar-refractivity contribution in [2.24, 2.45) is 0 Å². The predicted molar refractivity (Wildman–Crippen MR) is 117 cm³/mol. The monoisotopic (exact) mass is 473 g/mol. The molecular weight excluding hydrogens is 451 g/mol. The molecule has 178 valence electrons. The summed E-state index contributed by atoms with van der Waals surface area (Å²) < 4.78 is 44.9. The molecule has 2 aromatic carbocycles. The van der Waals surface area contributed by atoms with E-state index in [1.165, 1.54) is 30.5 Å². The zero-order valence-electron chi connectivity index (χ0n) is 17.9. The molecule has 0 aliphatic carbocycles. The minimum absolute atomic E-state index is 0.0418. The number of halogens is 3. The SMILES string of the molecule is O=C(NC1(C(=O)NCc2ccc(Nc3ccccc3C(F)(F)F)cc2)CCOC1)c1ccn[nH]1. The molecule has 4 rings (SSSR count). The molecule has 1 aliphatic rings. The molecule has 2 amide bonds. The smallest absolute Gasteiger partial charge is 0.378 e. The Labute approximate surface area is 192 Å². The molecule has 1 aliphatic heterocycles. The van der Waals surface area contributed by atoms with Crippen LogP contribution in [-0.2, 0) is 22.3 Å². The molecule has 1 atom stereocenters. The van der Waals surface area contributed by atoms with E-state index < -0.39 is 23.2 Å².